The number of aliphatic carboxylic acids is 1. The molecule has 154 valence electrons. The van der Waals surface area contributed by atoms with E-state index in [0.717, 1.165) is 33.0 Å². The van der Waals surface area contributed by atoms with Gasteiger partial charge in [0.1, 0.15) is 11.9 Å². The van der Waals surface area contributed by atoms with Gasteiger partial charge in [-0.15, -0.1) is 11.8 Å². The Labute approximate surface area is 182 Å². The van der Waals surface area contributed by atoms with Crippen LogP contribution in [0.25, 0.3) is 21.9 Å². The maximum Gasteiger partial charge on any atom is 0.327 e. The molecule has 0 spiro atoms. The molecule has 1 aromatic heterocycles. The van der Waals surface area contributed by atoms with Crippen LogP contribution in [-0.2, 0) is 11.2 Å². The number of benzene rings is 3. The predicted octanol–water partition coefficient (Wildman–Crippen LogP) is 5.13. The van der Waals surface area contributed by atoms with Crippen molar-refractivity contribution in [1.82, 2.24) is 4.57 Å². The van der Waals surface area contributed by atoms with Gasteiger partial charge in [-0.05, 0) is 46.0 Å². The first-order valence-electron chi connectivity index (χ1n) is 9.89. The standard InChI is InChI=1S/C25H18FNO3S/c26-20-9-7-17(8-10-20)23-19(12-15-5-6-16-3-1-2-4-18(16)11-15)13-22(28)27-21(25(29)30)14-31-24(23)27/h1-11,13,21H,12,14H2,(H,29,30)/t21-/m0/s1. The number of fused-ring (bicyclic) bond motifs is 2. The molecule has 0 radical (unpaired) electrons. The van der Waals surface area contributed by atoms with Gasteiger partial charge in [0.15, 0.2) is 0 Å². The highest BCUT2D eigenvalue weighted by Gasteiger charge is 2.33. The third kappa shape index (κ3) is 3.53. The van der Waals surface area contributed by atoms with Gasteiger partial charge in [0.2, 0.25) is 0 Å². The van der Waals surface area contributed by atoms with Crippen LogP contribution < -0.4 is 5.56 Å². The molecule has 0 saturated heterocycles. The van der Waals surface area contributed by atoms with E-state index >= 15 is 0 Å². The van der Waals surface area contributed by atoms with Crippen LogP contribution in [-0.4, -0.2) is 21.4 Å². The molecule has 0 fully saturated rings. The Balaban J connectivity index is 1.69. The molecule has 31 heavy (non-hydrogen) atoms. The molecule has 0 aliphatic carbocycles. The minimum atomic E-state index is -1.03. The van der Waals surface area contributed by atoms with Crippen LogP contribution in [0.1, 0.15) is 17.2 Å². The first-order valence-corrected chi connectivity index (χ1v) is 10.9. The fourth-order valence-electron chi connectivity index (χ4n) is 4.13. The summed E-state index contributed by atoms with van der Waals surface area (Å²) < 4.78 is 14.9. The first kappa shape index (κ1) is 19.6. The van der Waals surface area contributed by atoms with E-state index < -0.39 is 12.0 Å². The number of carboxylic acid groups (broad SMARTS) is 1. The smallest absolute Gasteiger partial charge is 0.327 e. The highest BCUT2D eigenvalue weighted by Crippen LogP contribution is 2.41. The third-order valence-electron chi connectivity index (χ3n) is 5.60. The lowest BCUT2D eigenvalue weighted by molar-refractivity contribution is -0.140. The van der Waals surface area contributed by atoms with Crippen molar-refractivity contribution in [3.63, 3.8) is 0 Å². The number of hydrogen-bond acceptors (Lipinski definition) is 3. The molecule has 1 N–H and O–H groups in total. The summed E-state index contributed by atoms with van der Waals surface area (Å²) in [5.74, 6) is -1.08. The summed E-state index contributed by atoms with van der Waals surface area (Å²) >= 11 is 1.36. The normalized spacial score (nSPS) is 15.2. The third-order valence-corrected chi connectivity index (χ3v) is 6.76. The molecule has 1 atom stereocenters. The van der Waals surface area contributed by atoms with Crippen molar-refractivity contribution in [2.75, 3.05) is 5.75 Å². The van der Waals surface area contributed by atoms with Crippen LogP contribution in [0.5, 0.6) is 0 Å². The van der Waals surface area contributed by atoms with Gasteiger partial charge in [-0.2, -0.15) is 0 Å². The van der Waals surface area contributed by atoms with Crippen molar-refractivity contribution in [2.24, 2.45) is 0 Å². The molecule has 1 aliphatic heterocycles. The average Bonchev–Trinajstić information content (AvgIpc) is 3.21. The number of carboxylic acids is 1. The van der Waals surface area contributed by atoms with Gasteiger partial charge in [-0.1, -0.05) is 54.6 Å². The summed E-state index contributed by atoms with van der Waals surface area (Å²) in [5.41, 5.74) is 3.08. The van der Waals surface area contributed by atoms with Crippen LogP contribution in [0.2, 0.25) is 0 Å². The number of carbonyl (C=O) groups is 1. The molecule has 4 nitrogen and oxygen atoms in total. The largest absolute Gasteiger partial charge is 0.480 e. The number of aromatic nitrogens is 1. The molecule has 1 aliphatic rings. The van der Waals surface area contributed by atoms with Gasteiger partial charge in [-0.3, -0.25) is 9.36 Å². The maximum atomic E-state index is 13.6. The van der Waals surface area contributed by atoms with Crippen molar-refractivity contribution in [2.45, 2.75) is 17.5 Å². The van der Waals surface area contributed by atoms with Crippen LogP contribution in [0, 0.1) is 5.82 Å². The highest BCUT2D eigenvalue weighted by molar-refractivity contribution is 7.99. The highest BCUT2D eigenvalue weighted by atomic mass is 32.2. The molecule has 0 amide bonds. The summed E-state index contributed by atoms with van der Waals surface area (Å²) in [5, 5.41) is 12.4. The van der Waals surface area contributed by atoms with Crippen molar-refractivity contribution >= 4 is 28.5 Å². The zero-order valence-corrected chi connectivity index (χ0v) is 17.2. The minimum absolute atomic E-state index is 0.290. The zero-order valence-electron chi connectivity index (χ0n) is 16.4. The van der Waals surface area contributed by atoms with Crippen LogP contribution >= 0.6 is 11.8 Å². The molecular formula is C25H18FNO3S. The van der Waals surface area contributed by atoms with E-state index in [1.165, 1.54) is 34.5 Å². The van der Waals surface area contributed by atoms with E-state index in [1.807, 2.05) is 30.3 Å². The Kier molecular flexibility index (Phi) is 4.87. The molecule has 6 heteroatoms. The van der Waals surface area contributed by atoms with Crippen LogP contribution in [0.3, 0.4) is 0 Å². The van der Waals surface area contributed by atoms with Crippen molar-refractivity contribution in [3.8, 4) is 11.1 Å². The number of nitrogens with zero attached hydrogens (tertiary/aromatic N) is 1. The average molecular weight is 431 g/mol. The summed E-state index contributed by atoms with van der Waals surface area (Å²) in [7, 11) is 0. The molecule has 4 aromatic rings. The van der Waals surface area contributed by atoms with Gasteiger partial charge in [0.05, 0.1) is 5.03 Å². The monoisotopic (exact) mass is 431 g/mol. The molecule has 0 unspecified atom stereocenters. The van der Waals surface area contributed by atoms with E-state index in [-0.39, 0.29) is 17.1 Å². The van der Waals surface area contributed by atoms with Crippen molar-refractivity contribution in [1.29, 1.82) is 0 Å². The van der Waals surface area contributed by atoms with E-state index in [1.54, 1.807) is 12.1 Å². The number of rotatable bonds is 4. The molecule has 0 saturated carbocycles. The van der Waals surface area contributed by atoms with Crippen LogP contribution in [0.4, 0.5) is 4.39 Å². The number of halogens is 1. The van der Waals surface area contributed by atoms with Crippen LogP contribution in [0.15, 0.2) is 82.6 Å². The minimum Gasteiger partial charge on any atom is -0.480 e. The van der Waals surface area contributed by atoms with E-state index in [9.17, 15) is 19.1 Å². The molecule has 5 rings (SSSR count). The summed E-state index contributed by atoms with van der Waals surface area (Å²) in [6, 6.07) is 21.0. The summed E-state index contributed by atoms with van der Waals surface area (Å²) in [4.78, 5) is 24.6. The summed E-state index contributed by atoms with van der Waals surface area (Å²) in [6.45, 7) is 0. The Morgan fingerprint density at radius 1 is 1.03 bits per heavy atom. The van der Waals surface area contributed by atoms with Crippen molar-refractivity contribution < 1.29 is 14.3 Å². The van der Waals surface area contributed by atoms with E-state index in [2.05, 4.69) is 12.1 Å². The Hall–Kier alpha value is -3.38. The lowest BCUT2D eigenvalue weighted by Crippen LogP contribution is -2.29. The maximum absolute atomic E-state index is 13.6. The number of hydrogen-bond donors (Lipinski definition) is 1. The van der Waals surface area contributed by atoms with Gasteiger partial charge < -0.3 is 5.11 Å². The Morgan fingerprint density at radius 2 is 1.77 bits per heavy atom. The zero-order chi connectivity index (χ0) is 21.5. The van der Waals surface area contributed by atoms with Gasteiger partial charge in [0.25, 0.3) is 5.56 Å². The number of thioether (sulfide) groups is 1. The lowest BCUT2D eigenvalue weighted by Gasteiger charge is -2.17. The second-order valence-electron chi connectivity index (χ2n) is 7.59. The molecule has 2 heterocycles. The van der Waals surface area contributed by atoms with Gasteiger partial charge >= 0.3 is 5.97 Å². The topological polar surface area (TPSA) is 59.3 Å². The van der Waals surface area contributed by atoms with E-state index in [0.29, 0.717) is 11.4 Å². The molecule has 3 aromatic carbocycles. The van der Waals surface area contributed by atoms with Crippen molar-refractivity contribution in [3.05, 3.63) is 100 Å². The second kappa shape index (κ2) is 7.71. The SMILES string of the molecule is O=C(O)[C@@H]1CSc2c(-c3ccc(F)cc3)c(Cc3ccc4ccccc4c3)cc(=O)n21. The lowest BCUT2D eigenvalue weighted by atomic mass is 9.95. The molecular weight excluding hydrogens is 413 g/mol. The molecule has 0 bridgehead atoms. The predicted molar refractivity (Wildman–Crippen MR) is 120 cm³/mol. The first-order chi connectivity index (χ1) is 15.0. The fraction of sp³-hybridized carbons (Fsp3) is 0.120. The second-order valence-corrected chi connectivity index (χ2v) is 8.60. The van der Waals surface area contributed by atoms with Gasteiger partial charge in [0, 0.05) is 17.4 Å². The van der Waals surface area contributed by atoms with E-state index in [4.69, 9.17) is 0 Å². The fourth-order valence-corrected chi connectivity index (χ4v) is 5.49. The number of pyridine rings is 1. The quantitative estimate of drug-likeness (QED) is 0.487. The Bertz CT molecular complexity index is 1380. The Morgan fingerprint density at radius 3 is 2.52 bits per heavy atom. The summed E-state index contributed by atoms with van der Waals surface area (Å²) in [6.07, 6.45) is 0.513. The van der Waals surface area contributed by atoms with Gasteiger partial charge in [-0.25, -0.2) is 9.18 Å².